The van der Waals surface area contributed by atoms with E-state index in [2.05, 4.69) is 5.32 Å². The topological polar surface area (TPSA) is 49.3 Å². The Labute approximate surface area is 100 Å². The molecule has 0 aromatic heterocycles. The van der Waals surface area contributed by atoms with Crippen molar-refractivity contribution in [3.05, 3.63) is 29.3 Å². The minimum atomic E-state index is -0.839. The predicted molar refractivity (Wildman–Crippen MR) is 66.0 cm³/mol. The normalized spacial score (nSPS) is 14.2. The number of benzene rings is 1. The van der Waals surface area contributed by atoms with E-state index < -0.39 is 12.0 Å². The Morgan fingerprint density at radius 3 is 2.75 bits per heavy atom. The van der Waals surface area contributed by atoms with Gasteiger partial charge in [0.25, 0.3) is 0 Å². The molecule has 0 amide bonds. The van der Waals surface area contributed by atoms with Crippen LogP contribution in [0.1, 0.15) is 20.3 Å². The summed E-state index contributed by atoms with van der Waals surface area (Å²) in [5, 5.41) is 12.7. The van der Waals surface area contributed by atoms with Gasteiger partial charge in [-0.1, -0.05) is 37.9 Å². The molecule has 0 spiro atoms. The number of hydrogen-bond donors (Lipinski definition) is 2. The molecule has 2 atom stereocenters. The van der Waals surface area contributed by atoms with Crippen molar-refractivity contribution in [1.82, 2.24) is 0 Å². The molecule has 16 heavy (non-hydrogen) atoms. The van der Waals surface area contributed by atoms with Crippen molar-refractivity contribution in [3.63, 3.8) is 0 Å². The average Bonchev–Trinajstić information content (AvgIpc) is 2.24. The Balaban J connectivity index is 2.79. The lowest BCUT2D eigenvalue weighted by atomic mass is 9.99. The van der Waals surface area contributed by atoms with Gasteiger partial charge in [0.05, 0.1) is 0 Å². The van der Waals surface area contributed by atoms with Crippen molar-refractivity contribution in [1.29, 1.82) is 0 Å². The van der Waals surface area contributed by atoms with E-state index >= 15 is 0 Å². The molecule has 0 aliphatic carbocycles. The molecule has 0 aliphatic heterocycles. The molecule has 3 nitrogen and oxygen atoms in total. The number of anilines is 1. The summed E-state index contributed by atoms with van der Waals surface area (Å²) in [4.78, 5) is 11.1. The molecule has 2 unspecified atom stereocenters. The number of carboxylic acids is 1. The highest BCUT2D eigenvalue weighted by Gasteiger charge is 2.22. The predicted octanol–water partition coefficient (Wildman–Crippen LogP) is 3.25. The van der Waals surface area contributed by atoms with Crippen LogP contribution in [0, 0.1) is 5.92 Å². The van der Waals surface area contributed by atoms with Crippen LogP contribution in [0.15, 0.2) is 24.3 Å². The van der Waals surface area contributed by atoms with E-state index in [0.717, 1.165) is 12.1 Å². The van der Waals surface area contributed by atoms with Crippen LogP contribution in [0.2, 0.25) is 5.02 Å². The summed E-state index contributed by atoms with van der Waals surface area (Å²) in [6.45, 7) is 3.89. The van der Waals surface area contributed by atoms with Gasteiger partial charge in [-0.05, 0) is 24.1 Å². The Morgan fingerprint density at radius 2 is 2.25 bits per heavy atom. The van der Waals surface area contributed by atoms with E-state index in [1.54, 1.807) is 18.2 Å². The van der Waals surface area contributed by atoms with Gasteiger partial charge < -0.3 is 10.4 Å². The maximum Gasteiger partial charge on any atom is 0.326 e. The fraction of sp³-hybridized carbons (Fsp3) is 0.417. The molecule has 88 valence electrons. The largest absolute Gasteiger partial charge is 0.480 e. The van der Waals surface area contributed by atoms with Gasteiger partial charge in [0.15, 0.2) is 0 Å². The molecule has 2 N–H and O–H groups in total. The van der Waals surface area contributed by atoms with Gasteiger partial charge in [-0.3, -0.25) is 0 Å². The summed E-state index contributed by atoms with van der Waals surface area (Å²) >= 11 is 5.83. The average molecular weight is 242 g/mol. The number of nitrogens with one attached hydrogen (secondary N) is 1. The van der Waals surface area contributed by atoms with Gasteiger partial charge in [0.1, 0.15) is 6.04 Å². The summed E-state index contributed by atoms with van der Waals surface area (Å²) in [7, 11) is 0. The number of rotatable bonds is 5. The van der Waals surface area contributed by atoms with Crippen LogP contribution < -0.4 is 5.32 Å². The lowest BCUT2D eigenvalue weighted by Crippen LogP contribution is -2.35. The van der Waals surface area contributed by atoms with Crippen LogP contribution in [-0.2, 0) is 4.79 Å². The first kappa shape index (κ1) is 12.8. The Kier molecular flexibility index (Phi) is 4.62. The second-order valence-corrected chi connectivity index (χ2v) is 4.29. The molecular weight excluding hydrogens is 226 g/mol. The van der Waals surface area contributed by atoms with Crippen molar-refractivity contribution >= 4 is 23.3 Å². The minimum Gasteiger partial charge on any atom is -0.480 e. The maximum absolute atomic E-state index is 11.1. The van der Waals surface area contributed by atoms with Crippen LogP contribution in [0.3, 0.4) is 0 Å². The molecule has 4 heteroatoms. The third kappa shape index (κ3) is 3.42. The van der Waals surface area contributed by atoms with Gasteiger partial charge in [0, 0.05) is 10.7 Å². The summed E-state index contributed by atoms with van der Waals surface area (Å²) in [5.74, 6) is -0.772. The number of carboxylic acid groups (broad SMARTS) is 1. The van der Waals surface area contributed by atoms with E-state index in [1.807, 2.05) is 19.9 Å². The molecule has 0 fully saturated rings. The summed E-state index contributed by atoms with van der Waals surface area (Å²) in [6, 6.07) is 6.50. The molecule has 1 rings (SSSR count). The van der Waals surface area contributed by atoms with Crippen LogP contribution in [-0.4, -0.2) is 17.1 Å². The summed E-state index contributed by atoms with van der Waals surface area (Å²) < 4.78 is 0. The highest BCUT2D eigenvalue weighted by Crippen LogP contribution is 2.19. The lowest BCUT2D eigenvalue weighted by Gasteiger charge is -2.21. The van der Waals surface area contributed by atoms with E-state index in [1.165, 1.54) is 0 Å². The molecule has 0 saturated heterocycles. The molecule has 0 bridgehead atoms. The van der Waals surface area contributed by atoms with Gasteiger partial charge >= 0.3 is 5.97 Å². The van der Waals surface area contributed by atoms with E-state index in [-0.39, 0.29) is 5.92 Å². The van der Waals surface area contributed by atoms with Gasteiger partial charge in [-0.2, -0.15) is 0 Å². The maximum atomic E-state index is 11.1. The summed E-state index contributed by atoms with van der Waals surface area (Å²) in [6.07, 6.45) is 0.810. The van der Waals surface area contributed by atoms with Crippen molar-refractivity contribution < 1.29 is 9.90 Å². The monoisotopic (exact) mass is 241 g/mol. The quantitative estimate of drug-likeness (QED) is 0.832. The first-order valence-electron chi connectivity index (χ1n) is 5.29. The fourth-order valence-corrected chi connectivity index (χ4v) is 1.63. The van der Waals surface area contributed by atoms with E-state index in [4.69, 9.17) is 16.7 Å². The number of aliphatic carboxylic acids is 1. The van der Waals surface area contributed by atoms with Gasteiger partial charge in [-0.15, -0.1) is 0 Å². The third-order valence-electron chi connectivity index (χ3n) is 2.63. The highest BCUT2D eigenvalue weighted by molar-refractivity contribution is 6.30. The first-order valence-corrected chi connectivity index (χ1v) is 5.67. The smallest absolute Gasteiger partial charge is 0.326 e. The second-order valence-electron chi connectivity index (χ2n) is 3.86. The molecular formula is C12H16ClNO2. The number of halogens is 1. The first-order chi connectivity index (χ1) is 7.54. The van der Waals surface area contributed by atoms with Gasteiger partial charge in [0.2, 0.25) is 0 Å². The molecule has 1 aromatic carbocycles. The van der Waals surface area contributed by atoms with Crippen LogP contribution in [0.4, 0.5) is 5.69 Å². The second kappa shape index (κ2) is 5.75. The zero-order chi connectivity index (χ0) is 12.1. The van der Waals surface area contributed by atoms with Crippen molar-refractivity contribution in [2.24, 2.45) is 5.92 Å². The Bertz CT molecular complexity index is 368. The molecule has 0 radical (unpaired) electrons. The number of carbonyl (C=O) groups is 1. The van der Waals surface area contributed by atoms with E-state index in [9.17, 15) is 4.79 Å². The van der Waals surface area contributed by atoms with Crippen LogP contribution in [0.25, 0.3) is 0 Å². The van der Waals surface area contributed by atoms with Crippen LogP contribution in [0.5, 0.6) is 0 Å². The Hall–Kier alpha value is -1.22. The zero-order valence-corrected chi connectivity index (χ0v) is 10.2. The third-order valence-corrected chi connectivity index (χ3v) is 2.86. The molecule has 0 saturated carbocycles. The van der Waals surface area contributed by atoms with Crippen molar-refractivity contribution in [3.8, 4) is 0 Å². The zero-order valence-electron chi connectivity index (χ0n) is 9.40. The SMILES string of the molecule is CCC(C)C(Nc1cccc(Cl)c1)C(=O)O. The molecule has 0 heterocycles. The fourth-order valence-electron chi connectivity index (χ4n) is 1.44. The van der Waals surface area contributed by atoms with Crippen molar-refractivity contribution in [2.45, 2.75) is 26.3 Å². The highest BCUT2D eigenvalue weighted by atomic mass is 35.5. The van der Waals surface area contributed by atoms with Crippen LogP contribution >= 0.6 is 11.6 Å². The molecule has 0 aliphatic rings. The van der Waals surface area contributed by atoms with Crippen molar-refractivity contribution in [2.75, 3.05) is 5.32 Å². The lowest BCUT2D eigenvalue weighted by molar-refractivity contribution is -0.139. The minimum absolute atomic E-state index is 0.0662. The number of hydrogen-bond acceptors (Lipinski definition) is 2. The van der Waals surface area contributed by atoms with E-state index in [0.29, 0.717) is 5.02 Å². The summed E-state index contributed by atoms with van der Waals surface area (Å²) in [5.41, 5.74) is 0.736. The molecule has 1 aromatic rings. The Morgan fingerprint density at radius 1 is 1.56 bits per heavy atom. The standard InChI is InChI=1S/C12H16ClNO2/c1-3-8(2)11(12(15)16)14-10-6-4-5-9(13)7-10/h4-8,11,14H,3H2,1-2H3,(H,15,16). The van der Waals surface area contributed by atoms with Gasteiger partial charge in [-0.25, -0.2) is 4.79 Å².